The number of aliphatic hydroxyl groups excluding tert-OH is 8. The molecule has 5 rings (SSSR count). The van der Waals surface area contributed by atoms with E-state index in [-0.39, 0.29) is 19.8 Å². The predicted octanol–water partition coefficient (Wildman–Crippen LogP) is -8.94. The molecule has 17 N–H and O–H groups in total. The molecule has 0 radical (unpaired) electrons. The van der Waals surface area contributed by atoms with Crippen molar-refractivity contribution in [1.82, 2.24) is 5.32 Å². The zero-order valence-corrected chi connectivity index (χ0v) is 24.7. The molecular formula is C25H47N5O16. The Morgan fingerprint density at radius 1 is 0.565 bits per heavy atom. The third-order valence-corrected chi connectivity index (χ3v) is 9.01. The van der Waals surface area contributed by atoms with Gasteiger partial charge in [0, 0.05) is 18.6 Å². The summed E-state index contributed by atoms with van der Waals surface area (Å²) in [4.78, 5) is 0. The second-order valence-electron chi connectivity index (χ2n) is 12.1. The van der Waals surface area contributed by atoms with Crippen molar-refractivity contribution in [1.29, 1.82) is 0 Å². The molecule has 268 valence electrons. The average molecular weight is 674 g/mol. The van der Waals surface area contributed by atoms with E-state index in [0.717, 1.165) is 0 Å². The lowest BCUT2D eigenvalue weighted by atomic mass is 9.84. The SMILES string of the molecule is NC1CC(N)C(OC2OC(CO)C(O)C(O)C2N)C(OC2OC(CO)C(OC3OC(CNC4OCO4)C(O)C(O)C3N)C2O)C1O. The van der Waals surface area contributed by atoms with Gasteiger partial charge in [-0.05, 0) is 6.42 Å². The third kappa shape index (κ3) is 7.35. The molecule has 1 aliphatic carbocycles. The van der Waals surface area contributed by atoms with Gasteiger partial charge in [0.25, 0.3) is 0 Å². The molecule has 0 bridgehead atoms. The van der Waals surface area contributed by atoms with E-state index in [1.165, 1.54) is 0 Å². The van der Waals surface area contributed by atoms with E-state index in [0.29, 0.717) is 0 Å². The van der Waals surface area contributed by atoms with Crippen LogP contribution >= 0.6 is 0 Å². The summed E-state index contributed by atoms with van der Waals surface area (Å²) in [5.74, 6) is 0. The molecule has 4 heterocycles. The summed E-state index contributed by atoms with van der Waals surface area (Å²) in [6.07, 6.45) is -21.5. The summed E-state index contributed by atoms with van der Waals surface area (Å²) < 4.78 is 45.1. The van der Waals surface area contributed by atoms with E-state index in [2.05, 4.69) is 5.32 Å². The number of hydrogen-bond acceptors (Lipinski definition) is 21. The van der Waals surface area contributed by atoms with E-state index >= 15 is 0 Å². The van der Waals surface area contributed by atoms with Crippen molar-refractivity contribution in [3.8, 4) is 0 Å². The van der Waals surface area contributed by atoms with Gasteiger partial charge in [-0.1, -0.05) is 0 Å². The van der Waals surface area contributed by atoms with Crippen LogP contribution < -0.4 is 28.3 Å². The molecule has 19 unspecified atom stereocenters. The van der Waals surface area contributed by atoms with E-state index < -0.39 is 136 Å². The number of rotatable bonds is 11. The Labute approximate surface area is 263 Å². The van der Waals surface area contributed by atoms with Crippen molar-refractivity contribution < 1.29 is 78.7 Å². The van der Waals surface area contributed by atoms with Gasteiger partial charge >= 0.3 is 0 Å². The van der Waals surface area contributed by atoms with E-state index in [1.54, 1.807) is 0 Å². The van der Waals surface area contributed by atoms with Gasteiger partial charge < -0.3 is 102 Å². The third-order valence-electron chi connectivity index (χ3n) is 9.01. The highest BCUT2D eigenvalue weighted by Gasteiger charge is 2.54. The summed E-state index contributed by atoms with van der Waals surface area (Å²) in [6, 6.07) is -4.36. The van der Waals surface area contributed by atoms with E-state index in [4.69, 9.17) is 60.8 Å². The monoisotopic (exact) mass is 673 g/mol. The van der Waals surface area contributed by atoms with Crippen molar-refractivity contribution in [2.75, 3.05) is 26.6 Å². The molecule has 0 aromatic carbocycles. The van der Waals surface area contributed by atoms with Crippen molar-refractivity contribution in [3.63, 3.8) is 0 Å². The molecule has 5 aliphatic rings. The molecule has 0 aromatic heterocycles. The summed E-state index contributed by atoms with van der Waals surface area (Å²) in [5, 5.41) is 86.2. The molecule has 4 saturated heterocycles. The van der Waals surface area contributed by atoms with Crippen molar-refractivity contribution in [2.24, 2.45) is 22.9 Å². The van der Waals surface area contributed by atoms with Gasteiger partial charge in [-0.3, -0.25) is 5.32 Å². The summed E-state index contributed by atoms with van der Waals surface area (Å²) >= 11 is 0. The van der Waals surface area contributed by atoms with E-state index in [1.807, 2.05) is 0 Å². The lowest BCUT2D eigenvalue weighted by Crippen LogP contribution is -2.68. The van der Waals surface area contributed by atoms with Gasteiger partial charge in [-0.15, -0.1) is 0 Å². The average Bonchev–Trinajstić information content (AvgIpc) is 3.30. The van der Waals surface area contributed by atoms with Crippen LogP contribution in [0.15, 0.2) is 0 Å². The topological polar surface area (TPSA) is 352 Å². The normalized spacial score (nSPS) is 52.0. The van der Waals surface area contributed by atoms with E-state index in [9.17, 15) is 40.9 Å². The lowest BCUT2D eigenvalue weighted by molar-refractivity contribution is -0.337. The lowest BCUT2D eigenvalue weighted by Gasteiger charge is -2.47. The van der Waals surface area contributed by atoms with Gasteiger partial charge in [0.05, 0.1) is 31.4 Å². The molecule has 0 aromatic rings. The van der Waals surface area contributed by atoms with Crippen LogP contribution in [0.3, 0.4) is 0 Å². The number of nitrogens with one attached hydrogen (secondary N) is 1. The summed E-state index contributed by atoms with van der Waals surface area (Å²) in [5.41, 5.74) is 24.5. The number of nitrogens with two attached hydrogens (primary N) is 4. The van der Waals surface area contributed by atoms with Gasteiger partial charge in [0.2, 0.25) is 6.41 Å². The van der Waals surface area contributed by atoms with Gasteiger partial charge in [-0.2, -0.15) is 0 Å². The van der Waals surface area contributed by atoms with Crippen molar-refractivity contribution in [2.45, 2.75) is 129 Å². The second-order valence-corrected chi connectivity index (χ2v) is 12.1. The van der Waals surface area contributed by atoms with Crippen LogP contribution in [0.2, 0.25) is 0 Å². The smallest absolute Gasteiger partial charge is 0.220 e. The Hall–Kier alpha value is -0.840. The Morgan fingerprint density at radius 3 is 1.65 bits per heavy atom. The Kier molecular flexibility index (Phi) is 12.2. The maximum absolute atomic E-state index is 11.2. The summed E-state index contributed by atoms with van der Waals surface area (Å²) in [6.45, 7) is -1.26. The first-order valence-electron chi connectivity index (χ1n) is 15.1. The fourth-order valence-corrected chi connectivity index (χ4v) is 6.14. The van der Waals surface area contributed by atoms with Crippen molar-refractivity contribution >= 4 is 0 Å². The fourth-order valence-electron chi connectivity index (χ4n) is 6.14. The fraction of sp³-hybridized carbons (Fsp3) is 1.00. The molecule has 5 fully saturated rings. The zero-order valence-electron chi connectivity index (χ0n) is 24.7. The maximum atomic E-state index is 11.2. The van der Waals surface area contributed by atoms with Crippen LogP contribution in [0.1, 0.15) is 6.42 Å². The number of hydrogen-bond donors (Lipinski definition) is 13. The second kappa shape index (κ2) is 15.4. The molecule has 0 amide bonds. The molecule has 1 saturated carbocycles. The first-order chi connectivity index (χ1) is 21.9. The van der Waals surface area contributed by atoms with Gasteiger partial charge in [-0.25, -0.2) is 0 Å². The Bertz CT molecular complexity index is 975. The van der Waals surface area contributed by atoms with Gasteiger partial charge in [0.15, 0.2) is 25.7 Å². The van der Waals surface area contributed by atoms with Crippen LogP contribution in [0.25, 0.3) is 0 Å². The molecule has 46 heavy (non-hydrogen) atoms. The standard InChI is InChI=1S/C25H47N5O16/c26-6-1-7(27)19(44-23-12(29)17(37)15(35)9(3-31)42-23)21(13(6)33)46-24-18(38)20(10(4-32)43-24)45-22-11(28)16(36)14(34)8(41-22)2-30-25-39-5-40-25/h6-25,30-38H,1-5,26-29H2. The quantitative estimate of drug-likeness (QED) is 0.0967. The number of ether oxygens (including phenoxy) is 8. The minimum atomic E-state index is -1.64. The minimum absolute atomic E-state index is 0.0285. The highest BCUT2D eigenvalue weighted by atomic mass is 16.9. The highest BCUT2D eigenvalue weighted by Crippen LogP contribution is 2.34. The first kappa shape index (κ1) is 36.4. The van der Waals surface area contributed by atoms with Crippen LogP contribution in [-0.4, -0.2) is 190 Å². The largest absolute Gasteiger partial charge is 0.394 e. The predicted molar refractivity (Wildman–Crippen MR) is 146 cm³/mol. The highest BCUT2D eigenvalue weighted by molar-refractivity contribution is 5.02. The van der Waals surface area contributed by atoms with Crippen molar-refractivity contribution in [3.05, 3.63) is 0 Å². The van der Waals surface area contributed by atoms with Crippen LogP contribution in [0, 0.1) is 0 Å². The molecular weight excluding hydrogens is 626 g/mol. The number of aliphatic hydroxyl groups is 8. The van der Waals surface area contributed by atoms with Crippen LogP contribution in [-0.2, 0) is 37.9 Å². The zero-order chi connectivity index (χ0) is 33.4. The first-order valence-corrected chi connectivity index (χ1v) is 15.1. The maximum Gasteiger partial charge on any atom is 0.220 e. The molecule has 19 atom stereocenters. The Balaban J connectivity index is 1.27. The van der Waals surface area contributed by atoms with Gasteiger partial charge in [0.1, 0.15) is 67.1 Å². The molecule has 21 heteroatoms. The molecule has 4 aliphatic heterocycles. The van der Waals surface area contributed by atoms with Crippen LogP contribution in [0.4, 0.5) is 0 Å². The Morgan fingerprint density at radius 2 is 1.09 bits per heavy atom. The molecule has 21 nitrogen and oxygen atoms in total. The summed E-state index contributed by atoms with van der Waals surface area (Å²) in [7, 11) is 0. The minimum Gasteiger partial charge on any atom is -0.394 e. The molecule has 0 spiro atoms. The van der Waals surface area contributed by atoms with Crippen LogP contribution in [0.5, 0.6) is 0 Å².